The predicted octanol–water partition coefficient (Wildman–Crippen LogP) is 4.40. The van der Waals surface area contributed by atoms with Gasteiger partial charge in [0.1, 0.15) is 6.61 Å². The molecule has 0 aliphatic rings. The number of hydrogen-bond donors (Lipinski definition) is 1. The second-order valence-electron chi connectivity index (χ2n) is 3.66. The molecule has 0 aliphatic heterocycles. The average molecular weight is 331 g/mol. The molecule has 0 amide bonds. The Kier molecular flexibility index (Phi) is 4.09. The van der Waals surface area contributed by atoms with E-state index in [1.54, 1.807) is 12.1 Å². The zero-order chi connectivity index (χ0) is 13.1. The summed E-state index contributed by atoms with van der Waals surface area (Å²) in [5.41, 5.74) is 7.20. The Morgan fingerprint density at radius 1 is 1.22 bits per heavy atom. The molecule has 0 fully saturated rings. The third kappa shape index (κ3) is 2.76. The standard InChI is InChI=1S/C13H10BrClFNO/c14-12-8(3-1-5-10(12)17)7-18-11-6-2-4-9(15)13(11)16/h1-6H,7,17H2. The van der Waals surface area contributed by atoms with Gasteiger partial charge >= 0.3 is 0 Å². The van der Waals surface area contributed by atoms with Crippen molar-refractivity contribution in [3.63, 3.8) is 0 Å². The van der Waals surface area contributed by atoms with Gasteiger partial charge in [0.15, 0.2) is 11.6 Å². The highest BCUT2D eigenvalue weighted by atomic mass is 79.9. The van der Waals surface area contributed by atoms with Gasteiger partial charge in [0, 0.05) is 15.7 Å². The lowest BCUT2D eigenvalue weighted by Gasteiger charge is -2.10. The van der Waals surface area contributed by atoms with Gasteiger partial charge in [0.05, 0.1) is 5.02 Å². The Bertz CT molecular complexity index is 525. The van der Waals surface area contributed by atoms with Crippen LogP contribution < -0.4 is 10.5 Å². The van der Waals surface area contributed by atoms with Crippen LogP contribution in [0.25, 0.3) is 0 Å². The molecule has 2 rings (SSSR count). The zero-order valence-electron chi connectivity index (χ0n) is 9.29. The summed E-state index contributed by atoms with van der Waals surface area (Å²) in [7, 11) is 0. The maximum absolute atomic E-state index is 13.6. The summed E-state index contributed by atoms with van der Waals surface area (Å²) in [5.74, 6) is -0.434. The van der Waals surface area contributed by atoms with Gasteiger partial charge < -0.3 is 10.5 Å². The van der Waals surface area contributed by atoms with Crippen molar-refractivity contribution in [2.24, 2.45) is 0 Å². The Morgan fingerprint density at radius 3 is 2.72 bits per heavy atom. The summed E-state index contributed by atoms with van der Waals surface area (Å²) in [6, 6.07) is 10.1. The van der Waals surface area contributed by atoms with E-state index < -0.39 is 5.82 Å². The van der Waals surface area contributed by atoms with E-state index in [2.05, 4.69) is 15.9 Å². The monoisotopic (exact) mass is 329 g/mol. The molecule has 0 saturated carbocycles. The van der Waals surface area contributed by atoms with Gasteiger partial charge in [0.2, 0.25) is 0 Å². The summed E-state index contributed by atoms with van der Waals surface area (Å²) >= 11 is 9.03. The van der Waals surface area contributed by atoms with Crippen LogP contribution in [0.15, 0.2) is 40.9 Å². The Labute approximate surface area is 118 Å². The minimum atomic E-state index is -0.556. The topological polar surface area (TPSA) is 35.2 Å². The summed E-state index contributed by atoms with van der Waals surface area (Å²) in [6.45, 7) is 0.211. The van der Waals surface area contributed by atoms with E-state index in [9.17, 15) is 4.39 Å². The van der Waals surface area contributed by atoms with Crippen LogP contribution in [0.5, 0.6) is 5.75 Å². The van der Waals surface area contributed by atoms with E-state index in [1.165, 1.54) is 12.1 Å². The zero-order valence-corrected chi connectivity index (χ0v) is 11.6. The van der Waals surface area contributed by atoms with E-state index in [1.807, 2.05) is 12.1 Å². The fraction of sp³-hybridized carbons (Fsp3) is 0.0769. The maximum atomic E-state index is 13.6. The fourth-order valence-corrected chi connectivity index (χ4v) is 2.01. The molecule has 18 heavy (non-hydrogen) atoms. The first kappa shape index (κ1) is 13.2. The quantitative estimate of drug-likeness (QED) is 0.846. The van der Waals surface area contributed by atoms with E-state index in [4.69, 9.17) is 22.1 Å². The number of benzene rings is 2. The van der Waals surface area contributed by atoms with Crippen LogP contribution in [-0.2, 0) is 6.61 Å². The van der Waals surface area contributed by atoms with Crippen LogP contribution in [0.2, 0.25) is 5.02 Å². The van der Waals surface area contributed by atoms with Crippen molar-refractivity contribution in [3.05, 3.63) is 57.3 Å². The van der Waals surface area contributed by atoms with Gasteiger partial charge in [-0.3, -0.25) is 0 Å². The minimum absolute atomic E-state index is 0.0409. The average Bonchev–Trinajstić information content (AvgIpc) is 2.36. The lowest BCUT2D eigenvalue weighted by molar-refractivity contribution is 0.290. The molecular formula is C13H10BrClFNO. The second kappa shape index (κ2) is 5.59. The van der Waals surface area contributed by atoms with Crippen LogP contribution >= 0.6 is 27.5 Å². The normalized spacial score (nSPS) is 10.4. The van der Waals surface area contributed by atoms with Crippen LogP contribution in [0.3, 0.4) is 0 Å². The molecule has 0 aromatic heterocycles. The van der Waals surface area contributed by atoms with Crippen LogP contribution in [-0.4, -0.2) is 0 Å². The van der Waals surface area contributed by atoms with Crippen molar-refractivity contribution >= 4 is 33.2 Å². The van der Waals surface area contributed by atoms with Gasteiger partial charge in [-0.1, -0.05) is 29.8 Å². The van der Waals surface area contributed by atoms with Gasteiger partial charge in [-0.05, 0) is 34.1 Å². The number of nitrogens with two attached hydrogens (primary N) is 1. The highest BCUT2D eigenvalue weighted by Crippen LogP contribution is 2.27. The summed E-state index contributed by atoms with van der Waals surface area (Å²) in [4.78, 5) is 0. The molecule has 2 aromatic rings. The minimum Gasteiger partial charge on any atom is -0.486 e. The lowest BCUT2D eigenvalue weighted by Crippen LogP contribution is -2.00. The first-order chi connectivity index (χ1) is 8.59. The fourth-order valence-electron chi connectivity index (χ4n) is 1.46. The van der Waals surface area contributed by atoms with E-state index in [-0.39, 0.29) is 17.4 Å². The van der Waals surface area contributed by atoms with Crippen molar-refractivity contribution in [1.82, 2.24) is 0 Å². The van der Waals surface area contributed by atoms with Gasteiger partial charge in [-0.2, -0.15) is 0 Å². The number of ether oxygens (including phenoxy) is 1. The SMILES string of the molecule is Nc1cccc(COc2cccc(Cl)c2F)c1Br. The van der Waals surface area contributed by atoms with Crippen LogP contribution in [0.4, 0.5) is 10.1 Å². The van der Waals surface area contributed by atoms with Crippen molar-refractivity contribution in [1.29, 1.82) is 0 Å². The van der Waals surface area contributed by atoms with Gasteiger partial charge in [0.25, 0.3) is 0 Å². The van der Waals surface area contributed by atoms with Crippen molar-refractivity contribution in [3.8, 4) is 5.75 Å². The Balaban J connectivity index is 2.17. The summed E-state index contributed by atoms with van der Waals surface area (Å²) in [5, 5.41) is 0.0409. The summed E-state index contributed by atoms with van der Waals surface area (Å²) < 4.78 is 19.7. The number of halogens is 3. The van der Waals surface area contributed by atoms with Crippen molar-refractivity contribution in [2.75, 3.05) is 5.73 Å². The molecule has 0 bridgehead atoms. The molecule has 0 saturated heterocycles. The Morgan fingerprint density at radius 2 is 1.94 bits per heavy atom. The van der Waals surface area contributed by atoms with E-state index in [0.29, 0.717) is 5.69 Å². The first-order valence-electron chi connectivity index (χ1n) is 5.19. The number of anilines is 1. The van der Waals surface area contributed by atoms with Crippen LogP contribution in [0.1, 0.15) is 5.56 Å². The number of rotatable bonds is 3. The maximum Gasteiger partial charge on any atom is 0.183 e. The smallest absolute Gasteiger partial charge is 0.183 e. The molecule has 0 aliphatic carbocycles. The molecule has 5 heteroatoms. The highest BCUT2D eigenvalue weighted by Gasteiger charge is 2.09. The van der Waals surface area contributed by atoms with Crippen molar-refractivity contribution in [2.45, 2.75) is 6.61 Å². The second-order valence-corrected chi connectivity index (χ2v) is 4.86. The number of nitrogen functional groups attached to an aromatic ring is 1. The van der Waals surface area contributed by atoms with Gasteiger partial charge in [-0.15, -0.1) is 0 Å². The molecule has 0 spiro atoms. The molecule has 0 radical (unpaired) electrons. The molecule has 0 heterocycles. The largest absolute Gasteiger partial charge is 0.486 e. The lowest BCUT2D eigenvalue weighted by atomic mass is 10.2. The molecule has 2 N–H and O–H groups in total. The molecule has 2 aromatic carbocycles. The third-order valence-corrected chi connectivity index (χ3v) is 3.67. The molecule has 0 atom stereocenters. The van der Waals surface area contributed by atoms with Crippen LogP contribution in [0, 0.1) is 5.82 Å². The molecular weight excluding hydrogens is 321 g/mol. The first-order valence-corrected chi connectivity index (χ1v) is 6.36. The Hall–Kier alpha value is -1.26. The molecule has 2 nitrogen and oxygen atoms in total. The predicted molar refractivity (Wildman–Crippen MR) is 74.3 cm³/mol. The summed E-state index contributed by atoms with van der Waals surface area (Å²) in [6.07, 6.45) is 0. The highest BCUT2D eigenvalue weighted by molar-refractivity contribution is 9.10. The van der Waals surface area contributed by atoms with Crippen molar-refractivity contribution < 1.29 is 9.13 Å². The number of hydrogen-bond acceptors (Lipinski definition) is 2. The van der Waals surface area contributed by atoms with Gasteiger partial charge in [-0.25, -0.2) is 4.39 Å². The van der Waals surface area contributed by atoms with E-state index in [0.717, 1.165) is 10.0 Å². The molecule has 0 unspecified atom stereocenters. The van der Waals surface area contributed by atoms with E-state index >= 15 is 0 Å². The molecule has 94 valence electrons. The third-order valence-electron chi connectivity index (χ3n) is 2.41.